The Morgan fingerprint density at radius 2 is 2.06 bits per heavy atom. The Kier molecular flexibility index (Phi) is 3.59. The van der Waals surface area contributed by atoms with Gasteiger partial charge in [-0.25, -0.2) is 9.97 Å². The van der Waals surface area contributed by atoms with E-state index < -0.39 is 0 Å². The molecule has 88 valence electrons. The van der Waals surface area contributed by atoms with Crippen LogP contribution in [-0.4, -0.2) is 22.6 Å². The maximum atomic E-state index is 4.23. The minimum absolute atomic E-state index is 0.601. The zero-order valence-corrected chi connectivity index (χ0v) is 10.0. The highest BCUT2D eigenvalue weighted by Gasteiger charge is 2.25. The molecule has 1 heterocycles. The fourth-order valence-electron chi connectivity index (χ4n) is 2.02. The van der Waals surface area contributed by atoms with Gasteiger partial charge in [-0.3, -0.25) is 0 Å². The minimum atomic E-state index is 0.601. The molecule has 0 radical (unpaired) electrons. The number of nitrogens with one attached hydrogen (secondary N) is 2. The van der Waals surface area contributed by atoms with Crippen LogP contribution in [-0.2, 0) is 0 Å². The van der Waals surface area contributed by atoms with Gasteiger partial charge in [0.15, 0.2) is 0 Å². The molecule has 0 spiro atoms. The van der Waals surface area contributed by atoms with Gasteiger partial charge in [0.05, 0.1) is 0 Å². The summed E-state index contributed by atoms with van der Waals surface area (Å²) in [6.45, 7) is 5.38. The number of hydrogen-bond donors (Lipinski definition) is 2. The Morgan fingerprint density at radius 3 is 2.75 bits per heavy atom. The van der Waals surface area contributed by atoms with Gasteiger partial charge in [0, 0.05) is 18.7 Å². The lowest BCUT2D eigenvalue weighted by Gasteiger charge is -2.33. The molecule has 1 aliphatic carbocycles. The Hall–Kier alpha value is -1.32. The number of rotatable bonds is 5. The first-order valence-corrected chi connectivity index (χ1v) is 6.10. The average molecular weight is 220 g/mol. The van der Waals surface area contributed by atoms with Gasteiger partial charge >= 0.3 is 0 Å². The molecule has 0 aromatic carbocycles. The summed E-state index contributed by atoms with van der Waals surface area (Å²) >= 11 is 0. The maximum Gasteiger partial charge on any atom is 0.131 e. The lowest BCUT2D eigenvalue weighted by Crippen LogP contribution is -2.34. The van der Waals surface area contributed by atoms with Crippen molar-refractivity contribution in [3.8, 4) is 0 Å². The van der Waals surface area contributed by atoms with Crippen LogP contribution < -0.4 is 10.6 Å². The highest BCUT2D eigenvalue weighted by atomic mass is 15.1. The summed E-state index contributed by atoms with van der Waals surface area (Å²) in [7, 11) is 0. The summed E-state index contributed by atoms with van der Waals surface area (Å²) in [5.41, 5.74) is 0. The largest absolute Gasteiger partial charge is 0.370 e. The van der Waals surface area contributed by atoms with Crippen molar-refractivity contribution >= 4 is 11.6 Å². The third-order valence-electron chi connectivity index (χ3n) is 2.95. The van der Waals surface area contributed by atoms with Crippen molar-refractivity contribution in [3.05, 3.63) is 12.4 Å². The van der Waals surface area contributed by atoms with Crippen molar-refractivity contribution in [1.29, 1.82) is 0 Å². The molecule has 1 saturated carbocycles. The fraction of sp³-hybridized carbons (Fsp3) is 0.667. The molecule has 0 saturated heterocycles. The van der Waals surface area contributed by atoms with E-state index in [1.807, 2.05) is 6.07 Å². The zero-order valence-electron chi connectivity index (χ0n) is 10.0. The molecule has 1 aliphatic rings. The van der Waals surface area contributed by atoms with Crippen LogP contribution in [0.15, 0.2) is 12.4 Å². The topological polar surface area (TPSA) is 49.8 Å². The molecule has 1 aromatic rings. The second kappa shape index (κ2) is 5.14. The number of hydrogen-bond acceptors (Lipinski definition) is 4. The van der Waals surface area contributed by atoms with E-state index in [9.17, 15) is 0 Å². The zero-order chi connectivity index (χ0) is 11.4. The van der Waals surface area contributed by atoms with Crippen LogP contribution in [0.3, 0.4) is 0 Å². The molecular weight excluding hydrogens is 200 g/mol. The summed E-state index contributed by atoms with van der Waals surface area (Å²) < 4.78 is 0. The summed E-state index contributed by atoms with van der Waals surface area (Å²) in [5.74, 6) is 2.70. The first-order valence-electron chi connectivity index (χ1n) is 6.10. The van der Waals surface area contributed by atoms with Crippen molar-refractivity contribution in [3.63, 3.8) is 0 Å². The number of anilines is 2. The molecule has 4 heteroatoms. The lowest BCUT2D eigenvalue weighted by molar-refractivity contribution is 0.308. The van der Waals surface area contributed by atoms with E-state index in [-0.39, 0.29) is 0 Å². The smallest absolute Gasteiger partial charge is 0.131 e. The second-order valence-electron chi connectivity index (χ2n) is 4.63. The lowest BCUT2D eigenvalue weighted by atomic mass is 9.82. The summed E-state index contributed by atoms with van der Waals surface area (Å²) in [4.78, 5) is 8.41. The van der Waals surface area contributed by atoms with E-state index in [1.54, 1.807) is 6.33 Å². The SMILES string of the molecule is CCCNc1cc(NC2CC(C)C2)ncn1. The van der Waals surface area contributed by atoms with Crippen LogP contribution >= 0.6 is 0 Å². The van der Waals surface area contributed by atoms with E-state index in [1.165, 1.54) is 12.8 Å². The van der Waals surface area contributed by atoms with Gasteiger partial charge in [-0.05, 0) is 25.2 Å². The molecular formula is C12H20N4. The molecule has 1 fully saturated rings. The van der Waals surface area contributed by atoms with Crippen molar-refractivity contribution in [2.45, 2.75) is 39.2 Å². The van der Waals surface area contributed by atoms with Gasteiger partial charge in [0.25, 0.3) is 0 Å². The van der Waals surface area contributed by atoms with E-state index in [2.05, 4.69) is 34.4 Å². The molecule has 16 heavy (non-hydrogen) atoms. The monoisotopic (exact) mass is 220 g/mol. The maximum absolute atomic E-state index is 4.23. The molecule has 0 aliphatic heterocycles. The summed E-state index contributed by atoms with van der Waals surface area (Å²) in [6.07, 6.45) is 5.22. The summed E-state index contributed by atoms with van der Waals surface area (Å²) in [5, 5.41) is 6.70. The van der Waals surface area contributed by atoms with Crippen molar-refractivity contribution in [1.82, 2.24) is 9.97 Å². The van der Waals surface area contributed by atoms with Gasteiger partial charge < -0.3 is 10.6 Å². The van der Waals surface area contributed by atoms with Crippen LogP contribution in [0.2, 0.25) is 0 Å². The first-order chi connectivity index (χ1) is 7.78. The van der Waals surface area contributed by atoms with Crippen LogP contribution in [0.1, 0.15) is 33.1 Å². The van der Waals surface area contributed by atoms with Crippen molar-refractivity contribution in [2.75, 3.05) is 17.2 Å². The fourth-order valence-corrected chi connectivity index (χ4v) is 2.02. The molecule has 0 amide bonds. The predicted molar refractivity (Wildman–Crippen MR) is 66.6 cm³/mol. The predicted octanol–water partition coefficient (Wildman–Crippen LogP) is 2.51. The first kappa shape index (κ1) is 11.2. The molecule has 1 aromatic heterocycles. The summed E-state index contributed by atoms with van der Waals surface area (Å²) in [6, 6.07) is 2.59. The van der Waals surface area contributed by atoms with Crippen LogP contribution in [0.4, 0.5) is 11.6 Å². The molecule has 0 unspecified atom stereocenters. The molecule has 2 rings (SSSR count). The Morgan fingerprint density at radius 1 is 1.31 bits per heavy atom. The quantitative estimate of drug-likeness (QED) is 0.800. The van der Waals surface area contributed by atoms with Crippen molar-refractivity contribution in [2.24, 2.45) is 5.92 Å². The standard InChI is InChI=1S/C12H20N4/c1-3-4-13-11-7-12(15-8-14-11)16-10-5-9(2)6-10/h7-10H,3-6H2,1-2H3,(H2,13,14,15,16). The van der Waals surface area contributed by atoms with Gasteiger partial charge in [-0.1, -0.05) is 13.8 Å². The van der Waals surface area contributed by atoms with Crippen LogP contribution in [0.5, 0.6) is 0 Å². The second-order valence-corrected chi connectivity index (χ2v) is 4.63. The molecule has 4 nitrogen and oxygen atoms in total. The van der Waals surface area contributed by atoms with E-state index in [0.717, 1.165) is 30.5 Å². The Labute approximate surface area is 96.9 Å². The third kappa shape index (κ3) is 2.84. The molecule has 0 bridgehead atoms. The molecule has 2 N–H and O–H groups in total. The number of nitrogens with zero attached hydrogens (tertiary/aromatic N) is 2. The molecule has 0 atom stereocenters. The van der Waals surface area contributed by atoms with Gasteiger partial charge in [-0.15, -0.1) is 0 Å². The van der Waals surface area contributed by atoms with Gasteiger partial charge in [-0.2, -0.15) is 0 Å². The number of aromatic nitrogens is 2. The van der Waals surface area contributed by atoms with Crippen LogP contribution in [0.25, 0.3) is 0 Å². The Bertz CT molecular complexity index is 334. The van der Waals surface area contributed by atoms with Crippen molar-refractivity contribution < 1.29 is 0 Å². The minimum Gasteiger partial charge on any atom is -0.370 e. The highest BCUT2D eigenvalue weighted by Crippen LogP contribution is 2.29. The van der Waals surface area contributed by atoms with Gasteiger partial charge in [0.1, 0.15) is 18.0 Å². The van der Waals surface area contributed by atoms with Crippen LogP contribution in [0, 0.1) is 5.92 Å². The normalized spacial score (nSPS) is 23.6. The Balaban J connectivity index is 1.88. The van der Waals surface area contributed by atoms with E-state index >= 15 is 0 Å². The third-order valence-corrected chi connectivity index (χ3v) is 2.95. The highest BCUT2D eigenvalue weighted by molar-refractivity contribution is 5.47. The van der Waals surface area contributed by atoms with Gasteiger partial charge in [0.2, 0.25) is 0 Å². The van der Waals surface area contributed by atoms with E-state index in [4.69, 9.17) is 0 Å². The average Bonchev–Trinajstić information content (AvgIpc) is 2.25. The van der Waals surface area contributed by atoms with E-state index in [0.29, 0.717) is 6.04 Å².